The van der Waals surface area contributed by atoms with E-state index >= 15 is 0 Å². The Labute approximate surface area is 86.0 Å². The Morgan fingerprint density at radius 1 is 1.36 bits per heavy atom. The van der Waals surface area contributed by atoms with Gasteiger partial charge in [-0.2, -0.15) is 0 Å². The third-order valence-corrected chi connectivity index (χ3v) is 3.36. The van der Waals surface area contributed by atoms with Gasteiger partial charge in [-0.15, -0.1) is 0 Å². The quantitative estimate of drug-likeness (QED) is 0.646. The molecule has 0 aromatic carbocycles. The zero-order valence-electron chi connectivity index (χ0n) is 8.98. The van der Waals surface area contributed by atoms with Crippen LogP contribution in [0.3, 0.4) is 0 Å². The second-order valence-corrected chi connectivity index (χ2v) is 4.53. The molecule has 2 aliphatic heterocycles. The Kier molecular flexibility index (Phi) is 3.38. The van der Waals surface area contributed by atoms with Crippen molar-refractivity contribution >= 4 is 0 Å². The first-order chi connectivity index (χ1) is 6.79. The summed E-state index contributed by atoms with van der Waals surface area (Å²) in [6.07, 6.45) is 0. The van der Waals surface area contributed by atoms with Gasteiger partial charge in [0.05, 0.1) is 13.2 Å². The zero-order chi connectivity index (χ0) is 9.97. The topological polar surface area (TPSA) is 41.7 Å². The molecular formula is C10H21N3O. The van der Waals surface area contributed by atoms with E-state index in [-0.39, 0.29) is 0 Å². The molecule has 2 aliphatic rings. The van der Waals surface area contributed by atoms with Crippen molar-refractivity contribution in [2.75, 3.05) is 53.0 Å². The van der Waals surface area contributed by atoms with Crippen LogP contribution in [-0.2, 0) is 4.74 Å². The summed E-state index contributed by atoms with van der Waals surface area (Å²) in [6, 6.07) is 0.546. The molecule has 2 heterocycles. The summed E-state index contributed by atoms with van der Waals surface area (Å²) in [7, 11) is 2.17. The van der Waals surface area contributed by atoms with Gasteiger partial charge in [-0.1, -0.05) is 0 Å². The minimum atomic E-state index is 0.546. The largest absolute Gasteiger partial charge is 0.381 e. The van der Waals surface area contributed by atoms with Crippen LogP contribution >= 0.6 is 0 Å². The predicted octanol–water partition coefficient (Wildman–Crippen LogP) is -0.792. The number of piperazine rings is 1. The van der Waals surface area contributed by atoms with Crippen molar-refractivity contribution in [2.24, 2.45) is 11.7 Å². The van der Waals surface area contributed by atoms with E-state index in [1.807, 2.05) is 0 Å². The van der Waals surface area contributed by atoms with Crippen LogP contribution in [0.15, 0.2) is 0 Å². The van der Waals surface area contributed by atoms with E-state index in [9.17, 15) is 0 Å². The summed E-state index contributed by atoms with van der Waals surface area (Å²) in [6.45, 7) is 7.35. The average molecular weight is 199 g/mol. The summed E-state index contributed by atoms with van der Waals surface area (Å²) in [5.41, 5.74) is 5.74. The van der Waals surface area contributed by atoms with Gasteiger partial charge in [0.25, 0.3) is 0 Å². The summed E-state index contributed by atoms with van der Waals surface area (Å²) < 4.78 is 5.19. The molecule has 0 amide bonds. The van der Waals surface area contributed by atoms with Crippen LogP contribution in [-0.4, -0.2) is 68.8 Å². The average Bonchev–Trinajstić information content (AvgIpc) is 2.14. The maximum absolute atomic E-state index is 5.74. The monoisotopic (exact) mass is 199 g/mol. The maximum atomic E-state index is 5.74. The van der Waals surface area contributed by atoms with E-state index in [1.165, 1.54) is 13.1 Å². The molecule has 0 bridgehead atoms. The lowest BCUT2D eigenvalue weighted by atomic mass is 10.1. The van der Waals surface area contributed by atoms with Crippen LogP contribution in [0.25, 0.3) is 0 Å². The summed E-state index contributed by atoms with van der Waals surface area (Å²) in [4.78, 5) is 4.90. The number of hydrogen-bond donors (Lipinski definition) is 1. The lowest BCUT2D eigenvalue weighted by Gasteiger charge is -2.41. The fraction of sp³-hybridized carbons (Fsp3) is 1.00. The second-order valence-electron chi connectivity index (χ2n) is 4.53. The highest BCUT2D eigenvalue weighted by molar-refractivity contribution is 4.82. The molecule has 1 unspecified atom stereocenters. The van der Waals surface area contributed by atoms with Crippen molar-refractivity contribution in [2.45, 2.75) is 6.04 Å². The van der Waals surface area contributed by atoms with E-state index in [4.69, 9.17) is 10.5 Å². The van der Waals surface area contributed by atoms with Gasteiger partial charge < -0.3 is 15.4 Å². The Bertz CT molecular complexity index is 184. The van der Waals surface area contributed by atoms with Crippen LogP contribution in [0, 0.1) is 5.92 Å². The van der Waals surface area contributed by atoms with E-state index in [0.717, 1.165) is 38.8 Å². The lowest BCUT2D eigenvalue weighted by Crippen LogP contribution is -2.56. The molecule has 2 saturated heterocycles. The molecule has 4 heteroatoms. The van der Waals surface area contributed by atoms with E-state index < -0.39 is 0 Å². The molecule has 4 nitrogen and oxygen atoms in total. The molecule has 2 N–H and O–H groups in total. The van der Waals surface area contributed by atoms with Crippen molar-refractivity contribution in [3.05, 3.63) is 0 Å². The molecule has 2 rings (SSSR count). The lowest BCUT2D eigenvalue weighted by molar-refractivity contribution is -0.0537. The van der Waals surface area contributed by atoms with Crippen molar-refractivity contribution in [1.82, 2.24) is 9.80 Å². The Balaban J connectivity index is 1.76. The van der Waals surface area contributed by atoms with Crippen LogP contribution < -0.4 is 5.73 Å². The van der Waals surface area contributed by atoms with Gasteiger partial charge in [0.1, 0.15) is 0 Å². The second kappa shape index (κ2) is 4.57. The Morgan fingerprint density at radius 2 is 2.14 bits per heavy atom. The van der Waals surface area contributed by atoms with Crippen molar-refractivity contribution in [1.29, 1.82) is 0 Å². The van der Waals surface area contributed by atoms with E-state index in [2.05, 4.69) is 16.8 Å². The van der Waals surface area contributed by atoms with E-state index in [0.29, 0.717) is 6.04 Å². The Morgan fingerprint density at radius 3 is 2.71 bits per heavy atom. The molecule has 0 aromatic rings. The zero-order valence-corrected chi connectivity index (χ0v) is 8.98. The van der Waals surface area contributed by atoms with Crippen molar-refractivity contribution < 1.29 is 4.74 Å². The fourth-order valence-corrected chi connectivity index (χ4v) is 2.19. The van der Waals surface area contributed by atoms with Gasteiger partial charge in [-0.25, -0.2) is 0 Å². The van der Waals surface area contributed by atoms with Crippen LogP contribution in [0.1, 0.15) is 0 Å². The highest BCUT2D eigenvalue weighted by atomic mass is 16.5. The van der Waals surface area contributed by atoms with Gasteiger partial charge in [0.2, 0.25) is 0 Å². The van der Waals surface area contributed by atoms with Gasteiger partial charge in [0, 0.05) is 44.7 Å². The normalized spacial score (nSPS) is 31.7. The molecule has 2 fully saturated rings. The van der Waals surface area contributed by atoms with Crippen LogP contribution in [0.5, 0.6) is 0 Å². The number of hydrogen-bond acceptors (Lipinski definition) is 4. The molecule has 0 saturated carbocycles. The number of nitrogens with two attached hydrogens (primary N) is 1. The van der Waals surface area contributed by atoms with Gasteiger partial charge >= 0.3 is 0 Å². The van der Waals surface area contributed by atoms with Crippen LogP contribution in [0.2, 0.25) is 0 Å². The van der Waals surface area contributed by atoms with Crippen molar-refractivity contribution in [3.8, 4) is 0 Å². The number of likely N-dealkylation sites (N-methyl/N-ethyl adjacent to an activating group) is 1. The highest BCUT2D eigenvalue weighted by Gasteiger charge is 2.27. The predicted molar refractivity (Wildman–Crippen MR) is 56.2 cm³/mol. The smallest absolute Gasteiger partial charge is 0.0528 e. The maximum Gasteiger partial charge on any atom is 0.0528 e. The first-order valence-electron chi connectivity index (χ1n) is 5.50. The molecule has 0 aromatic heterocycles. The van der Waals surface area contributed by atoms with Gasteiger partial charge in [-0.05, 0) is 7.05 Å². The number of rotatable bonds is 3. The summed E-state index contributed by atoms with van der Waals surface area (Å²) in [5, 5.41) is 0. The highest BCUT2D eigenvalue weighted by Crippen LogP contribution is 2.14. The third-order valence-electron chi connectivity index (χ3n) is 3.36. The first-order valence-corrected chi connectivity index (χ1v) is 5.50. The number of ether oxygens (including phenoxy) is 1. The molecule has 0 radical (unpaired) electrons. The van der Waals surface area contributed by atoms with Gasteiger partial charge in [-0.3, -0.25) is 4.90 Å². The fourth-order valence-electron chi connectivity index (χ4n) is 2.19. The molecule has 14 heavy (non-hydrogen) atoms. The SMILES string of the molecule is CN1CCN(CC2COC2)CC1CN. The Hall–Kier alpha value is -0.160. The minimum Gasteiger partial charge on any atom is -0.381 e. The molecule has 0 aliphatic carbocycles. The van der Waals surface area contributed by atoms with E-state index in [1.54, 1.807) is 0 Å². The summed E-state index contributed by atoms with van der Waals surface area (Å²) >= 11 is 0. The molecule has 1 atom stereocenters. The molecule has 0 spiro atoms. The minimum absolute atomic E-state index is 0.546. The van der Waals surface area contributed by atoms with Gasteiger partial charge in [0.15, 0.2) is 0 Å². The summed E-state index contributed by atoms with van der Waals surface area (Å²) in [5.74, 6) is 0.775. The number of nitrogens with zero attached hydrogens (tertiary/aromatic N) is 2. The standard InChI is InChI=1S/C10H21N3O/c1-12-2-3-13(6-10(12)4-11)5-9-7-14-8-9/h9-10H,2-8,11H2,1H3. The molecular weight excluding hydrogens is 178 g/mol. The third kappa shape index (κ3) is 2.25. The van der Waals surface area contributed by atoms with Crippen molar-refractivity contribution in [3.63, 3.8) is 0 Å². The first kappa shape index (κ1) is 10.4. The van der Waals surface area contributed by atoms with Crippen LogP contribution in [0.4, 0.5) is 0 Å². The molecule has 82 valence electrons.